The summed E-state index contributed by atoms with van der Waals surface area (Å²) in [6, 6.07) is 2.46. The molecule has 0 aliphatic carbocycles. The van der Waals surface area contributed by atoms with Gasteiger partial charge in [-0.05, 0) is 28.1 Å². The molecule has 0 unspecified atom stereocenters. The van der Waals surface area contributed by atoms with Crippen molar-refractivity contribution in [1.82, 2.24) is 0 Å². The maximum absolute atomic E-state index is 12.0. The first-order chi connectivity index (χ1) is 7.95. The van der Waals surface area contributed by atoms with Gasteiger partial charge in [0.15, 0.2) is 11.5 Å². The Bertz CT molecular complexity index is 423. The van der Waals surface area contributed by atoms with Gasteiger partial charge in [0.05, 0.1) is 17.1 Å². The van der Waals surface area contributed by atoms with Crippen LogP contribution < -0.4 is 9.47 Å². The molecule has 0 amide bonds. The summed E-state index contributed by atoms with van der Waals surface area (Å²) in [5.74, 6) is -1.01. The monoisotopic (exact) mass is 310 g/mol. The molecule has 1 rings (SSSR count). The Morgan fingerprint density at radius 3 is 2.65 bits per heavy atom. The van der Waals surface area contributed by atoms with E-state index in [1.165, 1.54) is 19.2 Å². The fourth-order valence-corrected chi connectivity index (χ4v) is 1.69. The highest BCUT2D eigenvalue weighted by Crippen LogP contribution is 2.36. The molecule has 0 aromatic heterocycles. The van der Waals surface area contributed by atoms with Crippen LogP contribution in [0.3, 0.4) is 0 Å². The number of methoxy groups -OCH3 is 1. The highest BCUT2D eigenvalue weighted by atomic mass is 79.9. The molecule has 0 bridgehead atoms. The van der Waals surface area contributed by atoms with Gasteiger partial charge in [0, 0.05) is 0 Å². The Balaban J connectivity index is 3.07. The number of hydrogen-bond donors (Lipinski definition) is 1. The molecule has 94 valence electrons. The summed E-state index contributed by atoms with van der Waals surface area (Å²) in [6.45, 7) is -0.790. The van der Waals surface area contributed by atoms with Crippen molar-refractivity contribution in [3.63, 3.8) is 0 Å². The highest BCUT2D eigenvalue weighted by Gasteiger charge is 2.16. The average Bonchev–Trinajstić information content (AvgIpc) is 2.25. The molecule has 1 N–H and O–H groups in total. The lowest BCUT2D eigenvalue weighted by Gasteiger charge is -2.12. The molecular formula is C10H9BrF2O4. The second kappa shape index (κ2) is 5.81. The number of carboxylic acids is 1. The lowest BCUT2D eigenvalue weighted by atomic mass is 10.2. The Morgan fingerprint density at radius 1 is 1.53 bits per heavy atom. The zero-order valence-corrected chi connectivity index (χ0v) is 10.3. The lowest BCUT2D eigenvalue weighted by molar-refractivity contribution is 0.0694. The predicted molar refractivity (Wildman–Crippen MR) is 59.2 cm³/mol. The SMILES string of the molecule is COc1cc(C(=O)O)cc(Br)c1OCC(F)F. The molecule has 0 atom stereocenters. The molecule has 0 saturated carbocycles. The number of rotatable bonds is 5. The van der Waals surface area contributed by atoms with Crippen molar-refractivity contribution in [3.8, 4) is 11.5 Å². The number of carbonyl (C=O) groups is 1. The van der Waals surface area contributed by atoms with Gasteiger partial charge in [0.2, 0.25) is 0 Å². The van der Waals surface area contributed by atoms with E-state index < -0.39 is 19.0 Å². The van der Waals surface area contributed by atoms with Crippen LogP contribution >= 0.6 is 15.9 Å². The molecule has 1 aromatic rings. The van der Waals surface area contributed by atoms with Gasteiger partial charge in [-0.3, -0.25) is 0 Å². The minimum absolute atomic E-state index is 0.0295. The van der Waals surface area contributed by atoms with E-state index in [0.29, 0.717) is 0 Å². The molecule has 4 nitrogen and oxygen atoms in total. The average molecular weight is 311 g/mol. The summed E-state index contributed by atoms with van der Waals surface area (Å²) in [5.41, 5.74) is -0.0295. The lowest BCUT2D eigenvalue weighted by Crippen LogP contribution is -2.09. The van der Waals surface area contributed by atoms with E-state index in [1.807, 2.05) is 0 Å². The van der Waals surface area contributed by atoms with E-state index in [1.54, 1.807) is 0 Å². The van der Waals surface area contributed by atoms with Gasteiger partial charge in [-0.15, -0.1) is 0 Å². The van der Waals surface area contributed by atoms with Gasteiger partial charge >= 0.3 is 5.97 Å². The smallest absolute Gasteiger partial charge is 0.335 e. The van der Waals surface area contributed by atoms with Crippen molar-refractivity contribution in [2.24, 2.45) is 0 Å². The van der Waals surface area contributed by atoms with Crippen LogP contribution in [-0.4, -0.2) is 31.2 Å². The van der Waals surface area contributed by atoms with Crippen molar-refractivity contribution in [2.75, 3.05) is 13.7 Å². The van der Waals surface area contributed by atoms with Gasteiger partial charge in [-0.2, -0.15) is 0 Å². The summed E-state index contributed by atoms with van der Waals surface area (Å²) < 4.78 is 34.0. The standard InChI is InChI=1S/C10H9BrF2O4/c1-16-7-3-5(10(14)15)2-6(11)9(7)17-4-8(12)13/h2-3,8H,4H2,1H3,(H,14,15). The van der Waals surface area contributed by atoms with Gasteiger partial charge in [-0.1, -0.05) is 0 Å². The van der Waals surface area contributed by atoms with E-state index in [2.05, 4.69) is 15.9 Å². The third kappa shape index (κ3) is 3.55. The molecule has 0 aliphatic heterocycles. The molecule has 0 spiro atoms. The second-order valence-corrected chi connectivity index (χ2v) is 3.85. The Morgan fingerprint density at radius 2 is 2.18 bits per heavy atom. The number of halogens is 3. The van der Waals surface area contributed by atoms with Crippen LogP contribution in [0.25, 0.3) is 0 Å². The van der Waals surface area contributed by atoms with Crippen LogP contribution in [-0.2, 0) is 0 Å². The van der Waals surface area contributed by atoms with Crippen LogP contribution in [0, 0.1) is 0 Å². The normalized spacial score (nSPS) is 10.4. The maximum Gasteiger partial charge on any atom is 0.335 e. The minimum atomic E-state index is -2.62. The van der Waals surface area contributed by atoms with Gasteiger partial charge in [0.1, 0.15) is 6.61 Å². The van der Waals surface area contributed by atoms with Crippen molar-refractivity contribution in [1.29, 1.82) is 0 Å². The zero-order valence-electron chi connectivity index (χ0n) is 8.75. The topological polar surface area (TPSA) is 55.8 Å². The summed E-state index contributed by atoms with van der Waals surface area (Å²) >= 11 is 3.04. The Labute approximate surface area is 104 Å². The molecule has 0 fully saturated rings. The van der Waals surface area contributed by atoms with Crippen LogP contribution in [0.1, 0.15) is 10.4 Å². The molecular weight excluding hydrogens is 302 g/mol. The number of ether oxygens (including phenoxy) is 2. The zero-order chi connectivity index (χ0) is 13.0. The minimum Gasteiger partial charge on any atom is -0.493 e. The van der Waals surface area contributed by atoms with E-state index in [4.69, 9.17) is 14.6 Å². The maximum atomic E-state index is 12.0. The largest absolute Gasteiger partial charge is 0.493 e. The molecule has 0 radical (unpaired) electrons. The highest BCUT2D eigenvalue weighted by molar-refractivity contribution is 9.10. The van der Waals surface area contributed by atoms with E-state index >= 15 is 0 Å². The third-order valence-electron chi connectivity index (χ3n) is 1.83. The first kappa shape index (κ1) is 13.7. The number of aromatic carboxylic acids is 1. The molecule has 0 heterocycles. The van der Waals surface area contributed by atoms with Crippen molar-refractivity contribution < 1.29 is 28.2 Å². The molecule has 7 heteroatoms. The number of hydrogen-bond acceptors (Lipinski definition) is 3. The van der Waals surface area contributed by atoms with Crippen molar-refractivity contribution >= 4 is 21.9 Å². The fourth-order valence-electron chi connectivity index (χ4n) is 1.13. The number of benzene rings is 1. The Hall–Kier alpha value is -1.37. The molecule has 1 aromatic carbocycles. The quantitative estimate of drug-likeness (QED) is 0.908. The second-order valence-electron chi connectivity index (χ2n) is 3.00. The summed E-state index contributed by atoms with van der Waals surface area (Å²) in [5, 5.41) is 8.80. The summed E-state index contributed by atoms with van der Waals surface area (Å²) in [7, 11) is 1.29. The first-order valence-corrected chi connectivity index (χ1v) is 5.26. The van der Waals surface area contributed by atoms with Crippen LogP contribution in [0.5, 0.6) is 11.5 Å². The summed E-state index contributed by atoms with van der Waals surface area (Å²) in [4.78, 5) is 10.8. The number of alkyl halides is 2. The van der Waals surface area contributed by atoms with Crippen LogP contribution in [0.15, 0.2) is 16.6 Å². The van der Waals surface area contributed by atoms with Crippen molar-refractivity contribution in [3.05, 3.63) is 22.2 Å². The van der Waals surface area contributed by atoms with E-state index in [0.717, 1.165) is 0 Å². The van der Waals surface area contributed by atoms with Gasteiger partial charge in [0.25, 0.3) is 6.43 Å². The predicted octanol–water partition coefficient (Wildman–Crippen LogP) is 2.80. The third-order valence-corrected chi connectivity index (χ3v) is 2.42. The number of carboxylic acid groups (broad SMARTS) is 1. The summed E-state index contributed by atoms with van der Waals surface area (Å²) in [6.07, 6.45) is -2.62. The fraction of sp³-hybridized carbons (Fsp3) is 0.300. The van der Waals surface area contributed by atoms with Crippen molar-refractivity contribution in [2.45, 2.75) is 6.43 Å². The first-order valence-electron chi connectivity index (χ1n) is 4.47. The van der Waals surface area contributed by atoms with Crippen LogP contribution in [0.2, 0.25) is 0 Å². The van der Waals surface area contributed by atoms with Gasteiger partial charge in [-0.25, -0.2) is 13.6 Å². The van der Waals surface area contributed by atoms with Gasteiger partial charge < -0.3 is 14.6 Å². The molecule has 17 heavy (non-hydrogen) atoms. The van der Waals surface area contributed by atoms with E-state index in [9.17, 15) is 13.6 Å². The van der Waals surface area contributed by atoms with Crippen LogP contribution in [0.4, 0.5) is 8.78 Å². The molecule has 0 saturated heterocycles. The molecule has 0 aliphatic rings. The Kier molecular flexibility index (Phi) is 4.68. The van der Waals surface area contributed by atoms with E-state index in [-0.39, 0.29) is 21.5 Å².